The second kappa shape index (κ2) is 6.52. The molecular weight excluding hydrogens is 310 g/mol. The van der Waals surface area contributed by atoms with E-state index in [1.807, 2.05) is 0 Å². The van der Waals surface area contributed by atoms with Crippen molar-refractivity contribution in [1.29, 1.82) is 0 Å². The standard InChI is InChI=1S/C14H21N3O2S.ClH/c15-20(18,19)13-5-2-8-17(10-13)9-12-4-1-3-11-6-7-16-14(11)12;/h1,3-4,13,16H,2,5-10H2,(H2,15,18,19);1H. The van der Waals surface area contributed by atoms with E-state index in [1.54, 1.807) is 0 Å². The van der Waals surface area contributed by atoms with Crippen molar-refractivity contribution < 1.29 is 8.42 Å². The van der Waals surface area contributed by atoms with E-state index < -0.39 is 15.3 Å². The third-order valence-corrected chi connectivity index (χ3v) is 5.57. The average Bonchev–Trinajstić information content (AvgIpc) is 2.87. The van der Waals surface area contributed by atoms with Gasteiger partial charge in [-0.15, -0.1) is 12.4 Å². The van der Waals surface area contributed by atoms with Crippen molar-refractivity contribution in [2.24, 2.45) is 5.14 Å². The fourth-order valence-electron chi connectivity index (χ4n) is 3.21. The zero-order valence-electron chi connectivity index (χ0n) is 11.9. The normalized spacial score (nSPS) is 22.2. The number of primary sulfonamides is 1. The maximum Gasteiger partial charge on any atom is 0.213 e. The van der Waals surface area contributed by atoms with Gasteiger partial charge in [-0.3, -0.25) is 4.90 Å². The predicted octanol–water partition coefficient (Wildman–Crippen LogP) is 1.33. The van der Waals surface area contributed by atoms with Gasteiger partial charge >= 0.3 is 0 Å². The monoisotopic (exact) mass is 331 g/mol. The van der Waals surface area contributed by atoms with Crippen LogP contribution in [0.1, 0.15) is 24.0 Å². The first kappa shape index (κ1) is 16.5. The summed E-state index contributed by atoms with van der Waals surface area (Å²) in [6.07, 6.45) is 2.65. The van der Waals surface area contributed by atoms with Crippen LogP contribution in [-0.4, -0.2) is 38.2 Å². The maximum atomic E-state index is 11.5. The third-order valence-electron chi connectivity index (χ3n) is 4.25. The van der Waals surface area contributed by atoms with Crippen LogP contribution in [0.2, 0.25) is 0 Å². The van der Waals surface area contributed by atoms with Crippen molar-refractivity contribution in [3.05, 3.63) is 29.3 Å². The summed E-state index contributed by atoms with van der Waals surface area (Å²) < 4.78 is 23.0. The molecule has 0 aromatic heterocycles. The largest absolute Gasteiger partial charge is 0.384 e. The minimum absolute atomic E-state index is 0. The number of para-hydroxylation sites is 1. The summed E-state index contributed by atoms with van der Waals surface area (Å²) in [6.45, 7) is 3.27. The van der Waals surface area contributed by atoms with Crippen LogP contribution in [-0.2, 0) is 23.0 Å². The van der Waals surface area contributed by atoms with Crippen molar-refractivity contribution >= 4 is 28.1 Å². The van der Waals surface area contributed by atoms with Crippen LogP contribution in [0.25, 0.3) is 0 Å². The zero-order valence-corrected chi connectivity index (χ0v) is 13.5. The molecule has 0 aliphatic carbocycles. The second-order valence-corrected chi connectivity index (χ2v) is 7.56. The van der Waals surface area contributed by atoms with Crippen molar-refractivity contribution in [3.8, 4) is 0 Å². The van der Waals surface area contributed by atoms with E-state index in [0.717, 1.165) is 32.5 Å². The molecule has 1 unspecified atom stereocenters. The Balaban J connectivity index is 0.00000161. The molecule has 0 spiro atoms. The number of piperidine rings is 1. The molecule has 5 nitrogen and oxygen atoms in total. The molecule has 1 aromatic rings. The number of hydrogen-bond acceptors (Lipinski definition) is 4. The van der Waals surface area contributed by atoms with Crippen LogP contribution >= 0.6 is 12.4 Å². The number of fused-ring (bicyclic) bond motifs is 1. The summed E-state index contributed by atoms with van der Waals surface area (Å²) in [5, 5.41) is 8.30. The number of halogens is 1. The van der Waals surface area contributed by atoms with Gasteiger partial charge in [-0.25, -0.2) is 13.6 Å². The predicted molar refractivity (Wildman–Crippen MR) is 87.3 cm³/mol. The van der Waals surface area contributed by atoms with Crippen molar-refractivity contribution in [2.45, 2.75) is 31.1 Å². The van der Waals surface area contributed by atoms with E-state index in [-0.39, 0.29) is 12.4 Å². The highest BCUT2D eigenvalue weighted by molar-refractivity contribution is 7.89. The Hall–Kier alpha value is -0.820. The molecule has 21 heavy (non-hydrogen) atoms. The summed E-state index contributed by atoms with van der Waals surface area (Å²) in [5.41, 5.74) is 3.86. The van der Waals surface area contributed by atoms with Crippen LogP contribution in [0.5, 0.6) is 0 Å². The summed E-state index contributed by atoms with van der Waals surface area (Å²) in [6, 6.07) is 6.36. The number of nitrogens with two attached hydrogens (primary N) is 1. The zero-order chi connectivity index (χ0) is 14.2. The smallest absolute Gasteiger partial charge is 0.213 e. The van der Waals surface area contributed by atoms with Gasteiger partial charge in [0.25, 0.3) is 0 Å². The average molecular weight is 332 g/mol. The quantitative estimate of drug-likeness (QED) is 0.876. The highest BCUT2D eigenvalue weighted by Gasteiger charge is 2.28. The molecule has 3 rings (SSSR count). The number of nitrogens with zero attached hydrogens (tertiary/aromatic N) is 1. The Morgan fingerprint density at radius 1 is 1.38 bits per heavy atom. The number of nitrogens with one attached hydrogen (secondary N) is 1. The fraction of sp³-hybridized carbons (Fsp3) is 0.571. The highest BCUT2D eigenvalue weighted by Crippen LogP contribution is 2.28. The van der Waals surface area contributed by atoms with Gasteiger partial charge in [0.05, 0.1) is 5.25 Å². The van der Waals surface area contributed by atoms with Gasteiger partial charge in [0.15, 0.2) is 0 Å². The van der Waals surface area contributed by atoms with Crippen molar-refractivity contribution in [1.82, 2.24) is 4.90 Å². The lowest BCUT2D eigenvalue weighted by molar-refractivity contribution is 0.222. The van der Waals surface area contributed by atoms with Gasteiger partial charge in [0.1, 0.15) is 0 Å². The minimum atomic E-state index is -3.42. The summed E-state index contributed by atoms with van der Waals surface area (Å²) in [4.78, 5) is 2.20. The first-order valence-electron chi connectivity index (χ1n) is 7.12. The number of hydrogen-bond donors (Lipinski definition) is 2. The molecule has 7 heteroatoms. The third kappa shape index (κ3) is 3.69. The molecule has 2 heterocycles. The molecular formula is C14H22ClN3O2S. The van der Waals surface area contributed by atoms with E-state index in [9.17, 15) is 8.42 Å². The second-order valence-electron chi connectivity index (χ2n) is 5.72. The Morgan fingerprint density at radius 2 is 2.19 bits per heavy atom. The van der Waals surface area contributed by atoms with Crippen molar-refractivity contribution in [3.63, 3.8) is 0 Å². The molecule has 0 amide bonds. The molecule has 3 N–H and O–H groups in total. The Bertz CT molecular complexity index is 606. The molecule has 0 bridgehead atoms. The first-order valence-corrected chi connectivity index (χ1v) is 8.73. The van der Waals surface area contributed by atoms with Crippen LogP contribution in [0, 0.1) is 0 Å². The topological polar surface area (TPSA) is 75.4 Å². The summed E-state index contributed by atoms with van der Waals surface area (Å²) in [7, 11) is -3.42. The number of likely N-dealkylation sites (tertiary alicyclic amines) is 1. The lowest BCUT2D eigenvalue weighted by Crippen LogP contribution is -2.44. The minimum Gasteiger partial charge on any atom is -0.384 e. The lowest BCUT2D eigenvalue weighted by atomic mass is 10.1. The molecule has 118 valence electrons. The van der Waals surface area contributed by atoms with Crippen molar-refractivity contribution in [2.75, 3.05) is 25.0 Å². The van der Waals surface area contributed by atoms with E-state index in [0.29, 0.717) is 13.0 Å². The molecule has 1 saturated heterocycles. The molecule has 0 saturated carbocycles. The Labute approximate surface area is 132 Å². The molecule has 1 aromatic carbocycles. The Morgan fingerprint density at radius 3 is 2.95 bits per heavy atom. The highest BCUT2D eigenvalue weighted by atomic mass is 35.5. The fourth-order valence-corrected chi connectivity index (χ4v) is 4.12. The van der Waals surface area contributed by atoms with Gasteiger partial charge in [-0.2, -0.15) is 0 Å². The van der Waals surface area contributed by atoms with Gasteiger partial charge in [0, 0.05) is 25.3 Å². The van der Waals surface area contributed by atoms with E-state index >= 15 is 0 Å². The number of benzene rings is 1. The number of sulfonamides is 1. The molecule has 2 aliphatic heterocycles. The van der Waals surface area contributed by atoms with E-state index in [4.69, 9.17) is 5.14 Å². The van der Waals surface area contributed by atoms with Gasteiger partial charge in [0.2, 0.25) is 10.0 Å². The van der Waals surface area contributed by atoms with Gasteiger partial charge in [-0.1, -0.05) is 18.2 Å². The maximum absolute atomic E-state index is 11.5. The molecule has 2 aliphatic rings. The van der Waals surface area contributed by atoms with Gasteiger partial charge < -0.3 is 5.32 Å². The Kier molecular flexibility index (Phi) is 5.14. The van der Waals surface area contributed by atoms with E-state index in [1.165, 1.54) is 16.8 Å². The molecule has 1 atom stereocenters. The first-order chi connectivity index (χ1) is 9.54. The van der Waals surface area contributed by atoms with Crippen LogP contribution in [0.15, 0.2) is 18.2 Å². The summed E-state index contributed by atoms with van der Waals surface area (Å²) in [5.74, 6) is 0. The summed E-state index contributed by atoms with van der Waals surface area (Å²) >= 11 is 0. The van der Waals surface area contributed by atoms with E-state index in [2.05, 4.69) is 28.4 Å². The molecule has 0 radical (unpaired) electrons. The SMILES string of the molecule is Cl.NS(=O)(=O)C1CCCN(Cc2cccc3c2NCC3)C1. The molecule has 1 fully saturated rings. The number of anilines is 1. The van der Waals surface area contributed by atoms with Crippen LogP contribution < -0.4 is 10.5 Å². The van der Waals surface area contributed by atoms with Gasteiger partial charge in [-0.05, 0) is 36.9 Å². The van der Waals surface area contributed by atoms with Crippen LogP contribution in [0.3, 0.4) is 0 Å². The van der Waals surface area contributed by atoms with Crippen LogP contribution in [0.4, 0.5) is 5.69 Å². The lowest BCUT2D eigenvalue weighted by Gasteiger charge is -2.31. The number of rotatable bonds is 3.